The number of rotatable bonds is 4. The monoisotopic (exact) mass is 282 g/mol. The van der Waals surface area contributed by atoms with Crippen molar-refractivity contribution >= 4 is 11.6 Å². The highest BCUT2D eigenvalue weighted by Gasteiger charge is 2.28. The van der Waals surface area contributed by atoms with Crippen molar-refractivity contribution in [2.24, 2.45) is 5.73 Å². The number of halogens is 1. The van der Waals surface area contributed by atoms with Crippen LogP contribution in [0, 0.1) is 0 Å². The summed E-state index contributed by atoms with van der Waals surface area (Å²) in [4.78, 5) is 2.39. The molecule has 0 amide bonds. The van der Waals surface area contributed by atoms with E-state index in [2.05, 4.69) is 24.0 Å². The molecule has 2 rings (SSSR count). The van der Waals surface area contributed by atoms with Crippen LogP contribution in [-0.4, -0.2) is 35.2 Å². The van der Waals surface area contributed by atoms with Gasteiger partial charge in [-0.2, -0.15) is 0 Å². The van der Waals surface area contributed by atoms with Crippen molar-refractivity contribution in [3.8, 4) is 0 Å². The molecule has 1 aromatic rings. The number of nitrogens with two attached hydrogens (primary N) is 1. The van der Waals surface area contributed by atoms with Crippen LogP contribution in [0.3, 0.4) is 0 Å². The summed E-state index contributed by atoms with van der Waals surface area (Å²) in [5, 5.41) is 10.4. The number of aliphatic hydroxyl groups excluding tert-OH is 1. The molecule has 1 saturated heterocycles. The minimum absolute atomic E-state index is 0.108. The van der Waals surface area contributed by atoms with E-state index in [1.54, 1.807) is 0 Å². The molecule has 106 valence electrons. The number of aliphatic hydroxyl groups is 1. The lowest BCUT2D eigenvalue weighted by Crippen LogP contribution is -2.45. The molecule has 1 aliphatic heterocycles. The average Bonchev–Trinajstić information content (AvgIpc) is 2.43. The number of nitrogens with zero attached hydrogens (tertiary/aromatic N) is 1. The SMILES string of the molecule is CCC(N)C(c1ccc(Cl)cc1)N1CCC(O)CC1. The van der Waals surface area contributed by atoms with Gasteiger partial charge in [-0.25, -0.2) is 0 Å². The highest BCUT2D eigenvalue weighted by Crippen LogP contribution is 2.29. The maximum absolute atomic E-state index is 9.64. The maximum Gasteiger partial charge on any atom is 0.0564 e. The Bertz CT molecular complexity index is 388. The smallest absolute Gasteiger partial charge is 0.0564 e. The van der Waals surface area contributed by atoms with Gasteiger partial charge in [-0.05, 0) is 37.0 Å². The molecule has 0 radical (unpaired) electrons. The summed E-state index contributed by atoms with van der Waals surface area (Å²) in [6.07, 6.45) is 2.45. The molecule has 0 aliphatic carbocycles. The van der Waals surface area contributed by atoms with Crippen LogP contribution in [0.2, 0.25) is 5.02 Å². The Balaban J connectivity index is 2.18. The molecule has 0 spiro atoms. The van der Waals surface area contributed by atoms with Gasteiger partial charge in [0.1, 0.15) is 0 Å². The van der Waals surface area contributed by atoms with Crippen molar-refractivity contribution in [1.82, 2.24) is 4.90 Å². The highest BCUT2D eigenvalue weighted by atomic mass is 35.5. The number of likely N-dealkylation sites (tertiary alicyclic amines) is 1. The van der Waals surface area contributed by atoms with Gasteiger partial charge in [0.2, 0.25) is 0 Å². The molecule has 3 N–H and O–H groups in total. The zero-order chi connectivity index (χ0) is 13.8. The van der Waals surface area contributed by atoms with Crippen LogP contribution in [0.4, 0.5) is 0 Å². The fourth-order valence-corrected chi connectivity index (χ4v) is 2.90. The molecule has 1 aliphatic rings. The first-order chi connectivity index (χ1) is 9.11. The normalized spacial score (nSPS) is 21.3. The fourth-order valence-electron chi connectivity index (χ4n) is 2.78. The molecule has 2 atom stereocenters. The summed E-state index contributed by atoms with van der Waals surface area (Å²) in [5.41, 5.74) is 7.53. The van der Waals surface area contributed by atoms with Crippen LogP contribution in [0.15, 0.2) is 24.3 Å². The lowest BCUT2D eigenvalue weighted by molar-refractivity contribution is 0.0529. The first-order valence-electron chi connectivity index (χ1n) is 7.05. The molecule has 19 heavy (non-hydrogen) atoms. The predicted octanol–water partition coefficient (Wildman–Crippen LogP) is 2.58. The number of benzene rings is 1. The van der Waals surface area contributed by atoms with Crippen LogP contribution in [0.25, 0.3) is 0 Å². The second-order valence-corrected chi connectivity index (χ2v) is 5.77. The number of piperidine rings is 1. The van der Waals surface area contributed by atoms with E-state index in [0.717, 1.165) is 37.4 Å². The molecular formula is C15H23ClN2O. The first-order valence-corrected chi connectivity index (χ1v) is 7.42. The van der Waals surface area contributed by atoms with Crippen LogP contribution in [0.5, 0.6) is 0 Å². The zero-order valence-electron chi connectivity index (χ0n) is 11.4. The summed E-state index contributed by atoms with van der Waals surface area (Å²) in [7, 11) is 0. The van der Waals surface area contributed by atoms with Gasteiger partial charge >= 0.3 is 0 Å². The largest absolute Gasteiger partial charge is 0.393 e. The summed E-state index contributed by atoms with van der Waals surface area (Å²) in [6.45, 7) is 3.93. The van der Waals surface area contributed by atoms with E-state index in [4.69, 9.17) is 17.3 Å². The number of hydrogen-bond donors (Lipinski definition) is 2. The van der Waals surface area contributed by atoms with Crippen molar-refractivity contribution < 1.29 is 5.11 Å². The Kier molecular flexibility index (Phi) is 5.22. The minimum atomic E-state index is -0.153. The molecule has 0 saturated carbocycles. The Morgan fingerprint density at radius 3 is 2.42 bits per heavy atom. The van der Waals surface area contributed by atoms with Crippen LogP contribution in [0.1, 0.15) is 37.8 Å². The van der Waals surface area contributed by atoms with E-state index >= 15 is 0 Å². The summed E-state index contributed by atoms with van der Waals surface area (Å²) in [5.74, 6) is 0. The van der Waals surface area contributed by atoms with Crippen molar-refractivity contribution in [3.63, 3.8) is 0 Å². The quantitative estimate of drug-likeness (QED) is 0.892. The molecule has 0 bridgehead atoms. The molecular weight excluding hydrogens is 260 g/mol. The van der Waals surface area contributed by atoms with E-state index in [0.29, 0.717) is 0 Å². The summed E-state index contributed by atoms with van der Waals surface area (Å²) < 4.78 is 0. The van der Waals surface area contributed by atoms with Crippen LogP contribution >= 0.6 is 11.6 Å². The molecule has 2 unspecified atom stereocenters. The third-order valence-electron chi connectivity index (χ3n) is 3.98. The van der Waals surface area contributed by atoms with E-state index in [1.165, 1.54) is 5.56 Å². The van der Waals surface area contributed by atoms with Crippen molar-refractivity contribution in [2.45, 2.75) is 44.4 Å². The second kappa shape index (κ2) is 6.71. The van der Waals surface area contributed by atoms with Gasteiger partial charge in [0.25, 0.3) is 0 Å². The van der Waals surface area contributed by atoms with Gasteiger partial charge in [-0.1, -0.05) is 30.7 Å². The third kappa shape index (κ3) is 3.69. The maximum atomic E-state index is 9.64. The van der Waals surface area contributed by atoms with E-state index in [1.807, 2.05) is 12.1 Å². The Morgan fingerprint density at radius 1 is 1.32 bits per heavy atom. The van der Waals surface area contributed by atoms with Crippen molar-refractivity contribution in [1.29, 1.82) is 0 Å². The molecule has 1 heterocycles. The Morgan fingerprint density at radius 2 is 1.89 bits per heavy atom. The van der Waals surface area contributed by atoms with Gasteiger partial charge in [0, 0.05) is 30.2 Å². The van der Waals surface area contributed by atoms with Gasteiger partial charge in [-0.15, -0.1) is 0 Å². The Hall–Kier alpha value is -0.610. The molecule has 4 heteroatoms. The highest BCUT2D eigenvalue weighted by molar-refractivity contribution is 6.30. The predicted molar refractivity (Wildman–Crippen MR) is 79.3 cm³/mol. The molecule has 0 aromatic heterocycles. The Labute approximate surface area is 120 Å². The van der Waals surface area contributed by atoms with Gasteiger partial charge in [0.15, 0.2) is 0 Å². The number of hydrogen-bond acceptors (Lipinski definition) is 3. The second-order valence-electron chi connectivity index (χ2n) is 5.34. The minimum Gasteiger partial charge on any atom is -0.393 e. The van der Waals surface area contributed by atoms with E-state index in [-0.39, 0.29) is 18.2 Å². The lowest BCUT2D eigenvalue weighted by atomic mass is 9.94. The van der Waals surface area contributed by atoms with Gasteiger partial charge < -0.3 is 10.8 Å². The molecule has 3 nitrogen and oxygen atoms in total. The van der Waals surface area contributed by atoms with Crippen molar-refractivity contribution in [2.75, 3.05) is 13.1 Å². The van der Waals surface area contributed by atoms with Crippen molar-refractivity contribution in [3.05, 3.63) is 34.9 Å². The summed E-state index contributed by atoms with van der Waals surface area (Å²) >= 11 is 5.96. The standard InChI is InChI=1S/C15H23ClN2O/c1-2-14(17)15(11-3-5-12(16)6-4-11)18-9-7-13(19)8-10-18/h3-6,13-15,19H,2,7-10,17H2,1H3. The third-order valence-corrected chi connectivity index (χ3v) is 4.23. The topological polar surface area (TPSA) is 49.5 Å². The molecule has 1 aromatic carbocycles. The first kappa shape index (κ1) is 14.8. The van der Waals surface area contributed by atoms with Gasteiger partial charge in [0.05, 0.1) is 6.10 Å². The van der Waals surface area contributed by atoms with Crippen LogP contribution < -0.4 is 5.73 Å². The average molecular weight is 283 g/mol. The van der Waals surface area contributed by atoms with E-state index < -0.39 is 0 Å². The van der Waals surface area contributed by atoms with Gasteiger partial charge in [-0.3, -0.25) is 4.90 Å². The summed E-state index contributed by atoms with van der Waals surface area (Å²) in [6, 6.07) is 8.29. The lowest BCUT2D eigenvalue weighted by Gasteiger charge is -2.39. The molecule has 1 fully saturated rings. The van der Waals surface area contributed by atoms with E-state index in [9.17, 15) is 5.11 Å². The fraction of sp³-hybridized carbons (Fsp3) is 0.600. The van der Waals surface area contributed by atoms with Crippen LogP contribution in [-0.2, 0) is 0 Å². The zero-order valence-corrected chi connectivity index (χ0v) is 12.2.